The van der Waals surface area contributed by atoms with Crippen LogP contribution in [0.15, 0.2) is 29.6 Å². The van der Waals surface area contributed by atoms with Crippen LogP contribution in [0.5, 0.6) is 0 Å². The van der Waals surface area contributed by atoms with Gasteiger partial charge in [-0.2, -0.15) is 0 Å². The van der Waals surface area contributed by atoms with Crippen molar-refractivity contribution in [1.29, 1.82) is 0 Å². The van der Waals surface area contributed by atoms with Gasteiger partial charge in [0.2, 0.25) is 11.8 Å². The first kappa shape index (κ1) is 25.0. The number of amides is 2. The lowest BCUT2D eigenvalue weighted by molar-refractivity contribution is -0.142. The van der Waals surface area contributed by atoms with Crippen molar-refractivity contribution in [3.8, 4) is 0 Å². The summed E-state index contributed by atoms with van der Waals surface area (Å²) in [6, 6.07) is 7.17. The van der Waals surface area contributed by atoms with Gasteiger partial charge in [-0.25, -0.2) is 0 Å². The molecule has 5 nitrogen and oxygen atoms in total. The molecule has 2 heterocycles. The van der Waals surface area contributed by atoms with Gasteiger partial charge in [0.05, 0.1) is 19.2 Å². The van der Waals surface area contributed by atoms with Gasteiger partial charge in [-0.15, -0.1) is 11.3 Å². The summed E-state index contributed by atoms with van der Waals surface area (Å²) in [5.74, 6) is -0.0871. The summed E-state index contributed by atoms with van der Waals surface area (Å²) < 4.78 is 5.18. The highest BCUT2D eigenvalue weighted by Crippen LogP contribution is 2.41. The molecule has 0 N–H and O–H groups in total. The quantitative estimate of drug-likeness (QED) is 0.403. The minimum Gasteiger partial charge on any atom is -0.383 e. The number of hydrogen-bond acceptors (Lipinski definition) is 4. The maximum absolute atomic E-state index is 13.5. The van der Waals surface area contributed by atoms with Gasteiger partial charge in [-0.1, -0.05) is 49.0 Å². The van der Waals surface area contributed by atoms with Crippen molar-refractivity contribution in [2.45, 2.75) is 45.1 Å². The van der Waals surface area contributed by atoms with Gasteiger partial charge >= 0.3 is 0 Å². The smallest absolute Gasteiger partial charge is 0.242 e. The zero-order chi connectivity index (χ0) is 23.1. The predicted octanol–water partition coefficient (Wildman–Crippen LogP) is 5.58. The molecule has 2 amide bonds. The lowest BCUT2D eigenvalue weighted by Gasteiger charge is -2.38. The third-order valence-electron chi connectivity index (χ3n) is 5.78. The summed E-state index contributed by atoms with van der Waals surface area (Å²) in [5.41, 5.74) is 1.94. The van der Waals surface area contributed by atoms with Crippen LogP contribution in [0.4, 0.5) is 0 Å². The fraction of sp³-hybridized carbons (Fsp3) is 0.500. The minimum atomic E-state index is -0.290. The van der Waals surface area contributed by atoms with E-state index in [0.29, 0.717) is 36.2 Å². The van der Waals surface area contributed by atoms with Crippen LogP contribution in [-0.4, -0.2) is 55.0 Å². The Hall–Kier alpha value is -1.60. The van der Waals surface area contributed by atoms with Gasteiger partial charge in [-0.05, 0) is 47.5 Å². The molecule has 1 aliphatic rings. The minimum absolute atomic E-state index is 0.00171. The Bertz CT molecular complexity index is 934. The molecule has 0 fully saturated rings. The molecule has 3 rings (SSSR count). The first-order valence-corrected chi connectivity index (χ1v) is 12.7. The number of unbranched alkanes of at least 4 members (excludes halogenated alkanes) is 2. The molecule has 1 unspecified atom stereocenters. The molecule has 8 heteroatoms. The third-order valence-corrected chi connectivity index (χ3v) is 7.34. The van der Waals surface area contributed by atoms with E-state index < -0.39 is 0 Å². The van der Waals surface area contributed by atoms with E-state index in [1.165, 1.54) is 4.88 Å². The topological polar surface area (TPSA) is 49.9 Å². The zero-order valence-electron chi connectivity index (χ0n) is 18.6. The number of ether oxygens (including phenoxy) is 1. The molecule has 1 aromatic heterocycles. The molecule has 174 valence electrons. The van der Waals surface area contributed by atoms with Crippen LogP contribution < -0.4 is 0 Å². The molecule has 1 aromatic carbocycles. The largest absolute Gasteiger partial charge is 0.383 e. The molecule has 0 saturated carbocycles. The van der Waals surface area contributed by atoms with Crippen molar-refractivity contribution in [3.63, 3.8) is 0 Å². The van der Waals surface area contributed by atoms with Crippen LogP contribution >= 0.6 is 34.5 Å². The molecule has 0 radical (unpaired) electrons. The van der Waals surface area contributed by atoms with Crippen molar-refractivity contribution in [3.05, 3.63) is 55.7 Å². The maximum atomic E-state index is 13.5. The second-order valence-corrected chi connectivity index (χ2v) is 9.81. The molecule has 32 heavy (non-hydrogen) atoms. The van der Waals surface area contributed by atoms with Crippen molar-refractivity contribution in [2.24, 2.45) is 0 Å². The van der Waals surface area contributed by atoms with Crippen LogP contribution in [0.2, 0.25) is 10.0 Å². The number of carbonyl (C=O) groups is 2. The summed E-state index contributed by atoms with van der Waals surface area (Å²) in [5, 5.41) is 3.14. The number of hydrogen-bond donors (Lipinski definition) is 0. The summed E-state index contributed by atoms with van der Waals surface area (Å²) in [6.45, 7) is 3.52. The van der Waals surface area contributed by atoms with Gasteiger partial charge in [0.1, 0.15) is 0 Å². The summed E-state index contributed by atoms with van der Waals surface area (Å²) in [4.78, 5) is 31.1. The van der Waals surface area contributed by atoms with Crippen molar-refractivity contribution in [1.82, 2.24) is 9.80 Å². The molecular weight excluding hydrogens is 467 g/mol. The molecular formula is C24H30Cl2N2O3S. The fourth-order valence-electron chi connectivity index (χ4n) is 4.08. The maximum Gasteiger partial charge on any atom is 0.242 e. The number of carbonyl (C=O) groups excluding carboxylic acids is 2. The zero-order valence-corrected chi connectivity index (χ0v) is 20.9. The summed E-state index contributed by atoms with van der Waals surface area (Å²) in [6.07, 6.45) is 4.12. The van der Waals surface area contributed by atoms with Crippen molar-refractivity contribution in [2.75, 3.05) is 33.4 Å². The predicted molar refractivity (Wildman–Crippen MR) is 131 cm³/mol. The van der Waals surface area contributed by atoms with Crippen LogP contribution in [-0.2, 0) is 20.7 Å². The second kappa shape index (κ2) is 12.0. The van der Waals surface area contributed by atoms with Crippen LogP contribution in [0, 0.1) is 0 Å². The monoisotopic (exact) mass is 496 g/mol. The number of thiophene rings is 1. The molecule has 1 atom stereocenters. The van der Waals surface area contributed by atoms with E-state index in [9.17, 15) is 9.59 Å². The van der Waals surface area contributed by atoms with Gasteiger partial charge in [0.15, 0.2) is 0 Å². The van der Waals surface area contributed by atoms with E-state index in [4.69, 9.17) is 27.9 Å². The SMILES string of the molecule is CCCCCC(=O)N(CCOC)CC(=O)N1CCc2sccc2C1c1ccc(Cl)cc1Cl. The van der Waals surface area contributed by atoms with Crippen LogP contribution in [0.3, 0.4) is 0 Å². The molecule has 0 spiro atoms. The first-order chi connectivity index (χ1) is 15.5. The van der Waals surface area contributed by atoms with E-state index in [0.717, 1.165) is 36.8 Å². The standard InChI is InChI=1S/C24H30Cl2N2O3S/c1-3-4-5-6-22(29)27(12-13-31-2)16-23(30)28-11-9-21-19(10-14-32-21)24(28)18-8-7-17(25)15-20(18)26/h7-8,10,14-15,24H,3-6,9,11-13,16H2,1-2H3. The van der Waals surface area contributed by atoms with E-state index in [1.807, 2.05) is 11.0 Å². The number of rotatable bonds is 10. The highest BCUT2D eigenvalue weighted by atomic mass is 35.5. The highest BCUT2D eigenvalue weighted by molar-refractivity contribution is 7.10. The van der Waals surface area contributed by atoms with E-state index in [-0.39, 0.29) is 24.4 Å². The van der Waals surface area contributed by atoms with Crippen LogP contribution in [0.1, 0.15) is 54.7 Å². The van der Waals surface area contributed by atoms with Gasteiger partial charge in [-0.3, -0.25) is 9.59 Å². The molecule has 0 bridgehead atoms. The van der Waals surface area contributed by atoms with Gasteiger partial charge < -0.3 is 14.5 Å². The summed E-state index contributed by atoms with van der Waals surface area (Å²) >= 11 is 14.4. The average Bonchev–Trinajstić information content (AvgIpc) is 3.25. The normalized spacial score (nSPS) is 15.5. The fourth-order valence-corrected chi connectivity index (χ4v) is 5.49. The Morgan fingerprint density at radius 3 is 2.75 bits per heavy atom. The Kier molecular flexibility index (Phi) is 9.41. The van der Waals surface area contributed by atoms with E-state index >= 15 is 0 Å². The summed E-state index contributed by atoms with van der Waals surface area (Å²) in [7, 11) is 1.60. The lowest BCUT2D eigenvalue weighted by atomic mass is 9.93. The Labute approximate surface area is 204 Å². The van der Waals surface area contributed by atoms with Crippen molar-refractivity contribution < 1.29 is 14.3 Å². The van der Waals surface area contributed by atoms with E-state index in [1.54, 1.807) is 35.5 Å². The third kappa shape index (κ3) is 6.04. The lowest BCUT2D eigenvalue weighted by Crippen LogP contribution is -2.47. The van der Waals surface area contributed by atoms with Gasteiger partial charge in [0.25, 0.3) is 0 Å². The van der Waals surface area contributed by atoms with E-state index in [2.05, 4.69) is 18.4 Å². The molecule has 0 aliphatic carbocycles. The Balaban J connectivity index is 1.84. The number of nitrogens with zero attached hydrogens (tertiary/aromatic N) is 2. The Morgan fingerprint density at radius 2 is 2.03 bits per heavy atom. The second-order valence-electron chi connectivity index (χ2n) is 7.97. The Morgan fingerprint density at radius 1 is 1.22 bits per heavy atom. The number of benzene rings is 1. The molecule has 0 saturated heterocycles. The number of methoxy groups -OCH3 is 1. The van der Waals surface area contributed by atoms with Gasteiger partial charge in [0, 0.05) is 41.5 Å². The van der Waals surface area contributed by atoms with Crippen LogP contribution in [0.25, 0.3) is 0 Å². The average molecular weight is 497 g/mol. The van der Waals surface area contributed by atoms with Crippen molar-refractivity contribution >= 4 is 46.4 Å². The number of fused-ring (bicyclic) bond motifs is 1. The number of halogens is 2. The molecule has 1 aliphatic heterocycles. The molecule has 2 aromatic rings. The highest BCUT2D eigenvalue weighted by Gasteiger charge is 2.35. The first-order valence-electron chi connectivity index (χ1n) is 11.0.